The fourth-order valence-corrected chi connectivity index (χ4v) is 3.44. The van der Waals surface area contributed by atoms with Crippen molar-refractivity contribution in [3.63, 3.8) is 0 Å². The van der Waals surface area contributed by atoms with Gasteiger partial charge >= 0.3 is 6.01 Å². The predicted octanol–water partition coefficient (Wildman–Crippen LogP) is 2.92. The molecule has 2 aromatic heterocycles. The number of hydrogen-bond acceptors (Lipinski definition) is 7. The van der Waals surface area contributed by atoms with Crippen LogP contribution in [-0.2, 0) is 21.1 Å². The van der Waals surface area contributed by atoms with Crippen LogP contribution in [0.4, 0.5) is 6.01 Å². The number of aromatic nitrogens is 2. The third-order valence-electron chi connectivity index (χ3n) is 3.97. The van der Waals surface area contributed by atoms with E-state index in [4.69, 9.17) is 8.83 Å². The Morgan fingerprint density at radius 3 is 2.41 bits per heavy atom. The van der Waals surface area contributed by atoms with Crippen molar-refractivity contribution in [3.8, 4) is 11.5 Å². The van der Waals surface area contributed by atoms with Crippen LogP contribution in [0.25, 0.3) is 11.5 Å². The molecule has 1 N–H and O–H groups in total. The first kappa shape index (κ1) is 18.8. The van der Waals surface area contributed by atoms with Crippen LogP contribution in [0.1, 0.15) is 24.0 Å². The van der Waals surface area contributed by atoms with Crippen molar-refractivity contribution in [1.29, 1.82) is 0 Å². The number of sulfone groups is 1. The number of furan rings is 1. The summed E-state index contributed by atoms with van der Waals surface area (Å²) in [5, 5.41) is 10.3. The molecule has 0 saturated carbocycles. The number of anilines is 1. The maximum absolute atomic E-state index is 12.2. The molecule has 3 rings (SSSR count). The maximum Gasteiger partial charge on any atom is 0.322 e. The lowest BCUT2D eigenvalue weighted by atomic mass is 10.1. The summed E-state index contributed by atoms with van der Waals surface area (Å²) in [7, 11) is -3.26. The van der Waals surface area contributed by atoms with Gasteiger partial charge in [-0.3, -0.25) is 10.1 Å². The Labute approximate surface area is 156 Å². The van der Waals surface area contributed by atoms with E-state index in [-0.39, 0.29) is 34.9 Å². The van der Waals surface area contributed by atoms with E-state index in [2.05, 4.69) is 15.5 Å². The molecule has 0 unspecified atom stereocenters. The predicted molar refractivity (Wildman–Crippen MR) is 98.0 cm³/mol. The van der Waals surface area contributed by atoms with Crippen molar-refractivity contribution < 1.29 is 22.0 Å². The highest BCUT2D eigenvalue weighted by atomic mass is 32.2. The van der Waals surface area contributed by atoms with E-state index in [9.17, 15) is 13.2 Å². The molecule has 3 aromatic rings. The van der Waals surface area contributed by atoms with Crippen LogP contribution in [0.3, 0.4) is 0 Å². The van der Waals surface area contributed by atoms with E-state index in [0.29, 0.717) is 16.9 Å². The van der Waals surface area contributed by atoms with Gasteiger partial charge in [-0.25, -0.2) is 8.42 Å². The largest absolute Gasteiger partial charge is 0.466 e. The Balaban J connectivity index is 1.65. The number of benzene rings is 1. The number of carbonyl (C=O) groups is 1. The van der Waals surface area contributed by atoms with E-state index < -0.39 is 9.84 Å². The van der Waals surface area contributed by atoms with Gasteiger partial charge in [-0.1, -0.05) is 24.2 Å². The second-order valence-corrected chi connectivity index (χ2v) is 8.29. The molecule has 0 aliphatic rings. The van der Waals surface area contributed by atoms with E-state index in [1.54, 1.807) is 32.0 Å². The molecule has 0 aliphatic heterocycles. The van der Waals surface area contributed by atoms with Gasteiger partial charge < -0.3 is 8.83 Å². The second-order valence-electron chi connectivity index (χ2n) is 6.01. The van der Waals surface area contributed by atoms with Gasteiger partial charge in [-0.05, 0) is 37.6 Å². The summed E-state index contributed by atoms with van der Waals surface area (Å²) >= 11 is 0. The maximum atomic E-state index is 12.2. The topological polar surface area (TPSA) is 115 Å². The molecule has 2 heterocycles. The van der Waals surface area contributed by atoms with Gasteiger partial charge in [0.05, 0.1) is 22.6 Å². The first-order valence-corrected chi connectivity index (χ1v) is 9.96. The molecule has 27 heavy (non-hydrogen) atoms. The molecule has 0 fully saturated rings. The summed E-state index contributed by atoms with van der Waals surface area (Å²) in [5.41, 5.74) is 1.34. The zero-order chi connectivity index (χ0) is 19.6. The summed E-state index contributed by atoms with van der Waals surface area (Å²) in [5.74, 6) is 1.31. The number of hydrogen-bond donors (Lipinski definition) is 1. The highest BCUT2D eigenvalue weighted by molar-refractivity contribution is 7.91. The molecule has 142 valence electrons. The molecule has 0 radical (unpaired) electrons. The van der Waals surface area contributed by atoms with E-state index in [0.717, 1.165) is 5.76 Å². The average molecular weight is 389 g/mol. The zero-order valence-corrected chi connectivity index (χ0v) is 16.0. The molecule has 0 aliphatic carbocycles. The molecule has 1 aromatic carbocycles. The molecule has 8 nitrogen and oxygen atoms in total. The lowest BCUT2D eigenvalue weighted by molar-refractivity contribution is -0.115. The van der Waals surface area contributed by atoms with E-state index in [1.807, 2.05) is 6.92 Å². The van der Waals surface area contributed by atoms with Crippen LogP contribution in [0.2, 0.25) is 0 Å². The van der Waals surface area contributed by atoms with Crippen molar-refractivity contribution in [2.24, 2.45) is 0 Å². The number of aryl methyl sites for hydroxylation is 2. The number of amides is 1. The second kappa shape index (κ2) is 7.36. The van der Waals surface area contributed by atoms with Crippen molar-refractivity contribution in [2.75, 3.05) is 11.1 Å². The van der Waals surface area contributed by atoms with Crippen molar-refractivity contribution >= 4 is 21.8 Å². The third-order valence-corrected chi connectivity index (χ3v) is 5.72. The van der Waals surface area contributed by atoms with Gasteiger partial charge in [0.2, 0.25) is 5.91 Å². The molecular formula is C18H19N3O5S. The van der Waals surface area contributed by atoms with Gasteiger partial charge in [0.15, 0.2) is 9.84 Å². The van der Waals surface area contributed by atoms with Crippen molar-refractivity contribution in [1.82, 2.24) is 10.2 Å². The summed E-state index contributed by atoms with van der Waals surface area (Å²) < 4.78 is 34.5. The van der Waals surface area contributed by atoms with Crippen LogP contribution < -0.4 is 5.32 Å². The summed E-state index contributed by atoms with van der Waals surface area (Å²) in [6.45, 7) is 5.18. The van der Waals surface area contributed by atoms with Crippen LogP contribution in [-0.4, -0.2) is 30.3 Å². The number of nitrogens with one attached hydrogen (secondary N) is 1. The van der Waals surface area contributed by atoms with Gasteiger partial charge in [-0.2, -0.15) is 0 Å². The summed E-state index contributed by atoms with van der Waals surface area (Å²) in [6.07, 6.45) is 0.0496. The first-order valence-electron chi connectivity index (χ1n) is 8.31. The number of nitrogens with zero attached hydrogens (tertiary/aromatic N) is 2. The van der Waals surface area contributed by atoms with Gasteiger partial charge in [-0.15, -0.1) is 5.10 Å². The SMILES string of the molecule is CCS(=O)(=O)c1ccc(CC(=O)Nc2nnc(-c3cc(C)oc3C)o2)cc1. The monoisotopic (exact) mass is 389 g/mol. The summed E-state index contributed by atoms with van der Waals surface area (Å²) in [4.78, 5) is 12.4. The lowest BCUT2D eigenvalue weighted by Gasteiger charge is -2.04. The Kier molecular flexibility index (Phi) is 5.13. The van der Waals surface area contributed by atoms with Crippen molar-refractivity contribution in [2.45, 2.75) is 32.1 Å². The average Bonchev–Trinajstić information content (AvgIpc) is 3.21. The standard InChI is InChI=1S/C18H19N3O5S/c1-4-27(23,24)14-7-5-13(6-8-14)10-16(22)19-18-21-20-17(26-18)15-9-11(2)25-12(15)3/h5-9H,4,10H2,1-3H3,(H,19,21,22). The Morgan fingerprint density at radius 1 is 1.11 bits per heavy atom. The minimum Gasteiger partial charge on any atom is -0.466 e. The minimum absolute atomic E-state index is 0.0153. The molecular weight excluding hydrogens is 370 g/mol. The fraction of sp³-hybridized carbons (Fsp3) is 0.278. The first-order chi connectivity index (χ1) is 12.8. The van der Waals surface area contributed by atoms with Crippen LogP contribution in [0.5, 0.6) is 0 Å². The Hall–Kier alpha value is -2.94. The van der Waals surface area contributed by atoms with Crippen LogP contribution in [0.15, 0.2) is 44.1 Å². The van der Waals surface area contributed by atoms with Gasteiger partial charge in [0.1, 0.15) is 11.5 Å². The molecule has 0 saturated heterocycles. The van der Waals surface area contributed by atoms with Gasteiger partial charge in [0, 0.05) is 0 Å². The quantitative estimate of drug-likeness (QED) is 0.689. The Morgan fingerprint density at radius 2 is 1.81 bits per heavy atom. The molecule has 1 amide bonds. The third kappa shape index (κ3) is 4.25. The van der Waals surface area contributed by atoms with E-state index in [1.165, 1.54) is 12.1 Å². The Bertz CT molecular complexity index is 1060. The summed E-state index contributed by atoms with van der Waals surface area (Å²) in [6, 6.07) is 7.98. The fourth-order valence-electron chi connectivity index (χ4n) is 2.56. The minimum atomic E-state index is -3.26. The highest BCUT2D eigenvalue weighted by Gasteiger charge is 2.16. The molecule has 0 atom stereocenters. The molecule has 0 bridgehead atoms. The number of rotatable bonds is 6. The van der Waals surface area contributed by atoms with Gasteiger partial charge in [0.25, 0.3) is 5.89 Å². The highest BCUT2D eigenvalue weighted by Crippen LogP contribution is 2.26. The molecule has 9 heteroatoms. The van der Waals surface area contributed by atoms with Crippen molar-refractivity contribution in [3.05, 3.63) is 47.4 Å². The van der Waals surface area contributed by atoms with E-state index >= 15 is 0 Å². The molecule has 0 spiro atoms. The smallest absolute Gasteiger partial charge is 0.322 e. The zero-order valence-electron chi connectivity index (χ0n) is 15.1. The lowest BCUT2D eigenvalue weighted by Crippen LogP contribution is -2.14. The number of carbonyl (C=O) groups excluding carboxylic acids is 1. The normalized spacial score (nSPS) is 11.5. The van der Waals surface area contributed by atoms with Crippen LogP contribution in [0, 0.1) is 13.8 Å². The van der Waals surface area contributed by atoms with Crippen LogP contribution >= 0.6 is 0 Å².